The molecule has 0 aliphatic heterocycles. The number of benzene rings is 2. The molecule has 34 heavy (non-hydrogen) atoms. The predicted octanol–water partition coefficient (Wildman–Crippen LogP) is 5.15. The normalized spacial score (nSPS) is 12.5. The number of carbonyl (C=O) groups is 1. The highest BCUT2D eigenvalue weighted by atomic mass is 32.1. The van der Waals surface area contributed by atoms with Crippen molar-refractivity contribution >= 4 is 33.2 Å². The van der Waals surface area contributed by atoms with Gasteiger partial charge in [0.2, 0.25) is 0 Å². The number of fused-ring (bicyclic) bond motifs is 1. The van der Waals surface area contributed by atoms with E-state index in [9.17, 15) is 18.0 Å². The first-order valence-corrected chi connectivity index (χ1v) is 11.1. The number of thiazole rings is 1. The van der Waals surface area contributed by atoms with Crippen molar-refractivity contribution in [2.24, 2.45) is 5.73 Å². The molecule has 0 saturated carbocycles. The lowest BCUT2D eigenvalue weighted by Gasteiger charge is -2.13. The van der Waals surface area contributed by atoms with E-state index in [4.69, 9.17) is 10.5 Å². The van der Waals surface area contributed by atoms with Crippen LogP contribution in [-0.4, -0.2) is 35.6 Å². The molecule has 4 rings (SSSR count). The molecule has 0 bridgehead atoms. The van der Waals surface area contributed by atoms with Gasteiger partial charge in [0.1, 0.15) is 0 Å². The van der Waals surface area contributed by atoms with E-state index in [1.807, 2.05) is 24.3 Å². The summed E-state index contributed by atoms with van der Waals surface area (Å²) in [6, 6.07) is 12.2. The lowest BCUT2D eigenvalue weighted by molar-refractivity contribution is -0.137. The Hall–Kier alpha value is -3.50. The zero-order valence-corrected chi connectivity index (χ0v) is 18.9. The van der Waals surface area contributed by atoms with Crippen LogP contribution >= 0.6 is 11.3 Å². The number of aromatic nitrogens is 2. The molecule has 0 unspecified atom stereocenters. The van der Waals surface area contributed by atoms with E-state index in [0.717, 1.165) is 28.5 Å². The Balaban J connectivity index is 1.48. The lowest BCUT2D eigenvalue weighted by Crippen LogP contribution is -2.31. The van der Waals surface area contributed by atoms with Crippen LogP contribution < -0.4 is 11.1 Å². The number of pyridine rings is 1. The number of halogens is 3. The second-order valence-electron chi connectivity index (χ2n) is 7.67. The molecule has 4 aromatic rings. The van der Waals surface area contributed by atoms with Crippen LogP contribution in [0, 0.1) is 0 Å². The van der Waals surface area contributed by atoms with Gasteiger partial charge in [0.15, 0.2) is 10.8 Å². The zero-order valence-electron chi connectivity index (χ0n) is 18.1. The third-order valence-corrected chi connectivity index (χ3v) is 6.27. The van der Waals surface area contributed by atoms with Crippen LogP contribution in [0.5, 0.6) is 0 Å². The second kappa shape index (κ2) is 9.78. The van der Waals surface area contributed by atoms with Crippen molar-refractivity contribution in [2.75, 3.05) is 19.0 Å². The number of anilines is 1. The largest absolute Gasteiger partial charge is 0.464 e. The molecule has 10 heteroatoms. The highest BCUT2D eigenvalue weighted by molar-refractivity contribution is 7.19. The molecular weight excluding hydrogens is 465 g/mol. The van der Waals surface area contributed by atoms with Gasteiger partial charge in [-0.1, -0.05) is 35.6 Å². The first kappa shape index (κ1) is 23.7. The maximum Gasteiger partial charge on any atom is 0.416 e. The number of methoxy groups -OCH3 is 1. The lowest BCUT2D eigenvalue weighted by atomic mass is 10.0. The molecule has 2 aromatic heterocycles. The van der Waals surface area contributed by atoms with Crippen molar-refractivity contribution in [1.29, 1.82) is 0 Å². The van der Waals surface area contributed by atoms with Crippen molar-refractivity contribution in [1.82, 2.24) is 9.97 Å². The molecule has 176 valence electrons. The highest BCUT2D eigenvalue weighted by Gasteiger charge is 2.30. The Bertz CT molecular complexity index is 1310. The number of carbonyl (C=O) groups excluding carboxylic acids is 1. The molecule has 2 aromatic carbocycles. The van der Waals surface area contributed by atoms with E-state index in [-0.39, 0.29) is 11.7 Å². The SMILES string of the molecule is COC(=O)c1nc(NC[C@@H](N)Cc2ccc(C(F)(F)F)cc2)sc1-c1ccc2cnccc2c1. The number of alkyl halides is 3. The van der Waals surface area contributed by atoms with Gasteiger partial charge in [-0.25, -0.2) is 9.78 Å². The molecular formula is C24H21F3N4O2S. The average Bonchev–Trinajstić information content (AvgIpc) is 3.26. The van der Waals surface area contributed by atoms with Gasteiger partial charge >= 0.3 is 12.1 Å². The number of hydrogen-bond acceptors (Lipinski definition) is 7. The van der Waals surface area contributed by atoms with Crippen molar-refractivity contribution in [3.63, 3.8) is 0 Å². The summed E-state index contributed by atoms with van der Waals surface area (Å²) in [6.07, 6.45) is -0.529. The quantitative estimate of drug-likeness (QED) is 0.352. The molecule has 0 aliphatic carbocycles. The van der Waals surface area contributed by atoms with Gasteiger partial charge in [-0.3, -0.25) is 4.98 Å². The van der Waals surface area contributed by atoms with Crippen LogP contribution in [-0.2, 0) is 17.3 Å². The number of nitrogens with one attached hydrogen (secondary N) is 1. The van der Waals surface area contributed by atoms with Gasteiger partial charge in [0.05, 0.1) is 17.6 Å². The van der Waals surface area contributed by atoms with Crippen molar-refractivity contribution in [2.45, 2.75) is 18.6 Å². The van der Waals surface area contributed by atoms with Gasteiger partial charge in [-0.2, -0.15) is 13.2 Å². The Labute approximate surface area is 197 Å². The minimum atomic E-state index is -4.37. The molecule has 6 nitrogen and oxygen atoms in total. The van der Waals surface area contributed by atoms with Gasteiger partial charge in [0, 0.05) is 30.4 Å². The Morgan fingerprint density at radius 2 is 1.91 bits per heavy atom. The summed E-state index contributed by atoms with van der Waals surface area (Å²) in [5.74, 6) is -0.553. The maximum atomic E-state index is 12.7. The number of hydrogen-bond donors (Lipinski definition) is 2. The molecule has 0 amide bonds. The highest BCUT2D eigenvalue weighted by Crippen LogP contribution is 2.35. The van der Waals surface area contributed by atoms with Crippen molar-refractivity contribution < 1.29 is 22.7 Å². The van der Waals surface area contributed by atoms with Gasteiger partial charge in [0.25, 0.3) is 0 Å². The standard InChI is InChI=1S/C24H21F3N4O2S/c1-33-22(32)20-21(16-4-5-17-12-29-9-8-15(17)11-16)34-23(31-20)30-13-19(28)10-14-2-6-18(7-3-14)24(25,26)27/h2-9,11-12,19H,10,13,28H2,1H3,(H,30,31)/t19-/m0/s1. The van der Waals surface area contributed by atoms with E-state index in [0.29, 0.717) is 28.5 Å². The zero-order chi connectivity index (χ0) is 24.3. The van der Waals surface area contributed by atoms with Crippen molar-refractivity contribution in [3.05, 3.63) is 77.7 Å². The fourth-order valence-electron chi connectivity index (χ4n) is 3.47. The Morgan fingerprint density at radius 3 is 2.62 bits per heavy atom. The third-order valence-electron chi connectivity index (χ3n) is 5.20. The van der Waals surface area contributed by atoms with Gasteiger partial charge in [-0.05, 0) is 47.2 Å². The smallest absolute Gasteiger partial charge is 0.416 e. The molecule has 1 atom stereocenters. The van der Waals surface area contributed by atoms with E-state index >= 15 is 0 Å². The first-order chi connectivity index (χ1) is 16.2. The molecule has 0 aliphatic rings. The summed E-state index contributed by atoms with van der Waals surface area (Å²) in [5, 5.41) is 5.58. The third kappa shape index (κ3) is 5.35. The second-order valence-corrected chi connectivity index (χ2v) is 8.66. The van der Waals surface area contributed by atoms with Crippen LogP contribution in [0.4, 0.5) is 18.3 Å². The van der Waals surface area contributed by atoms with Crippen LogP contribution in [0.15, 0.2) is 60.9 Å². The minimum absolute atomic E-state index is 0.194. The molecule has 0 radical (unpaired) electrons. The van der Waals surface area contributed by atoms with Crippen LogP contribution in [0.25, 0.3) is 21.2 Å². The number of nitrogens with zero attached hydrogens (tertiary/aromatic N) is 2. The summed E-state index contributed by atoms with van der Waals surface area (Å²) in [6.45, 7) is 0.317. The molecule has 0 saturated heterocycles. The summed E-state index contributed by atoms with van der Waals surface area (Å²) >= 11 is 1.30. The fraction of sp³-hybridized carbons (Fsp3) is 0.208. The number of nitrogens with two attached hydrogens (primary N) is 1. The predicted molar refractivity (Wildman–Crippen MR) is 126 cm³/mol. The Kier molecular flexibility index (Phi) is 6.80. The van der Waals surface area contributed by atoms with E-state index in [1.165, 1.54) is 30.6 Å². The van der Waals surface area contributed by atoms with Crippen LogP contribution in [0.3, 0.4) is 0 Å². The Morgan fingerprint density at radius 1 is 1.15 bits per heavy atom. The van der Waals surface area contributed by atoms with E-state index in [1.54, 1.807) is 12.4 Å². The number of esters is 1. The molecule has 2 heterocycles. The fourth-order valence-corrected chi connectivity index (χ4v) is 4.43. The van der Waals surface area contributed by atoms with Crippen LogP contribution in [0.2, 0.25) is 0 Å². The average molecular weight is 487 g/mol. The molecule has 0 fully saturated rings. The summed E-state index contributed by atoms with van der Waals surface area (Å²) in [4.78, 5) is 21.5. The summed E-state index contributed by atoms with van der Waals surface area (Å²) in [5.41, 5.74) is 7.19. The topological polar surface area (TPSA) is 90.1 Å². The van der Waals surface area contributed by atoms with Crippen LogP contribution in [0.1, 0.15) is 21.6 Å². The summed E-state index contributed by atoms with van der Waals surface area (Å²) < 4.78 is 43.1. The molecule has 0 spiro atoms. The van der Waals surface area contributed by atoms with E-state index < -0.39 is 17.7 Å². The summed E-state index contributed by atoms with van der Waals surface area (Å²) in [7, 11) is 1.30. The minimum Gasteiger partial charge on any atom is -0.464 e. The van der Waals surface area contributed by atoms with Gasteiger partial charge in [-0.15, -0.1) is 0 Å². The maximum absolute atomic E-state index is 12.7. The first-order valence-electron chi connectivity index (χ1n) is 10.3. The van der Waals surface area contributed by atoms with E-state index in [2.05, 4.69) is 15.3 Å². The van der Waals surface area contributed by atoms with Gasteiger partial charge < -0.3 is 15.8 Å². The monoisotopic (exact) mass is 486 g/mol. The molecule has 3 N–H and O–H groups in total. The van der Waals surface area contributed by atoms with Crippen molar-refractivity contribution in [3.8, 4) is 10.4 Å². The number of ether oxygens (including phenoxy) is 1. The number of rotatable bonds is 7.